The van der Waals surface area contributed by atoms with E-state index in [2.05, 4.69) is 10.0 Å². The van der Waals surface area contributed by atoms with Gasteiger partial charge in [0.05, 0.1) is 5.70 Å². The number of rotatable bonds is 4. The molecule has 0 aromatic heterocycles. The lowest BCUT2D eigenvalue weighted by Gasteiger charge is -2.13. The number of Topliss-reactive ketones (excluding diaryl/α,β-unsaturated/α-hetero) is 1. The highest BCUT2D eigenvalue weighted by Crippen LogP contribution is 2.31. The second-order valence-electron chi connectivity index (χ2n) is 3.75. The van der Waals surface area contributed by atoms with E-state index in [9.17, 15) is 13.6 Å². The van der Waals surface area contributed by atoms with Crippen LogP contribution < -0.4 is 0 Å². The van der Waals surface area contributed by atoms with Crippen molar-refractivity contribution >= 4 is 11.9 Å². The molecule has 0 saturated carbocycles. The van der Waals surface area contributed by atoms with Gasteiger partial charge in [0.15, 0.2) is 5.78 Å². The molecule has 0 atom stereocenters. The molecule has 0 unspecified atom stereocenters. The third-order valence-electron chi connectivity index (χ3n) is 2.24. The van der Waals surface area contributed by atoms with Crippen LogP contribution in [0.1, 0.15) is 25.0 Å². The fraction of sp³-hybridized carbons (Fsp3) is 0.250. The summed E-state index contributed by atoms with van der Waals surface area (Å²) in [7, 11) is 0. The molecule has 94 valence electrons. The van der Waals surface area contributed by atoms with Gasteiger partial charge in [0.25, 0.3) is 5.92 Å². The number of halogens is 2. The normalized spacial score (nSPS) is 11.9. The number of carbonyl (C=O) groups is 1. The second-order valence-corrected chi connectivity index (χ2v) is 3.75. The van der Waals surface area contributed by atoms with Gasteiger partial charge in [0, 0.05) is 17.4 Å². The molecule has 0 fully saturated rings. The number of hydrogen-bond acceptors (Lipinski definition) is 2. The number of benzene rings is 1. The van der Waals surface area contributed by atoms with Crippen LogP contribution in [-0.2, 0) is 10.7 Å². The van der Waals surface area contributed by atoms with Crippen molar-refractivity contribution in [3.63, 3.8) is 0 Å². The van der Waals surface area contributed by atoms with E-state index in [0.717, 1.165) is 13.0 Å². The van der Waals surface area contributed by atoms with Gasteiger partial charge in [-0.25, -0.2) is 8.78 Å². The summed E-state index contributed by atoms with van der Waals surface area (Å²) in [5.41, 5.74) is 8.04. The Morgan fingerprint density at radius 2 is 2.06 bits per heavy atom. The van der Waals surface area contributed by atoms with Gasteiger partial charge in [-0.15, -0.1) is 0 Å². The van der Waals surface area contributed by atoms with Crippen molar-refractivity contribution in [2.24, 2.45) is 5.11 Å². The molecule has 4 nitrogen and oxygen atoms in total. The number of alkyl halides is 2. The zero-order chi connectivity index (χ0) is 13.8. The Kier molecular flexibility index (Phi) is 4.18. The molecule has 0 N–H and O–H groups in total. The van der Waals surface area contributed by atoms with Crippen LogP contribution >= 0.6 is 0 Å². The van der Waals surface area contributed by atoms with Crippen molar-refractivity contribution in [3.8, 4) is 0 Å². The zero-order valence-electron chi connectivity index (χ0n) is 9.89. The maximum absolute atomic E-state index is 13.3. The van der Waals surface area contributed by atoms with Crippen molar-refractivity contribution < 1.29 is 13.6 Å². The molecule has 0 aliphatic carbocycles. The lowest BCUT2D eigenvalue weighted by atomic mass is 10.0. The lowest BCUT2D eigenvalue weighted by Crippen LogP contribution is -2.09. The van der Waals surface area contributed by atoms with Gasteiger partial charge in [-0.3, -0.25) is 4.79 Å². The largest absolute Gasteiger partial charge is 0.295 e. The van der Waals surface area contributed by atoms with Crippen molar-refractivity contribution in [2.45, 2.75) is 19.8 Å². The van der Waals surface area contributed by atoms with Crippen LogP contribution in [-0.4, -0.2) is 5.78 Å². The minimum Gasteiger partial charge on any atom is -0.295 e. The Hall–Kier alpha value is -2.20. The van der Waals surface area contributed by atoms with Crippen molar-refractivity contribution in [1.82, 2.24) is 0 Å². The number of azide groups is 1. The Balaban J connectivity index is 3.38. The quantitative estimate of drug-likeness (QED) is 0.344. The molecule has 0 bridgehead atoms. The Bertz CT molecular complexity index is 536. The maximum atomic E-state index is 13.3. The first-order valence-corrected chi connectivity index (χ1v) is 5.11. The van der Waals surface area contributed by atoms with Crippen molar-refractivity contribution in [1.29, 1.82) is 0 Å². The third-order valence-corrected chi connectivity index (χ3v) is 2.24. The Morgan fingerprint density at radius 3 is 2.56 bits per heavy atom. The molecule has 0 saturated heterocycles. The summed E-state index contributed by atoms with van der Waals surface area (Å²) in [5.74, 6) is -3.52. The number of nitrogens with zero attached hydrogens (tertiary/aromatic N) is 3. The smallest absolute Gasteiger partial charge is 0.271 e. The van der Waals surface area contributed by atoms with E-state index in [-0.39, 0.29) is 16.8 Å². The van der Waals surface area contributed by atoms with Crippen LogP contribution in [0, 0.1) is 0 Å². The maximum Gasteiger partial charge on any atom is 0.271 e. The van der Waals surface area contributed by atoms with Gasteiger partial charge in [-0.2, -0.15) is 0 Å². The molecule has 0 aliphatic heterocycles. The van der Waals surface area contributed by atoms with Crippen LogP contribution in [0.25, 0.3) is 16.5 Å². The van der Waals surface area contributed by atoms with E-state index in [1.165, 1.54) is 25.1 Å². The van der Waals surface area contributed by atoms with Gasteiger partial charge in [-0.05, 0) is 24.1 Å². The average Bonchev–Trinajstić information content (AvgIpc) is 2.27. The first-order valence-electron chi connectivity index (χ1n) is 5.11. The van der Waals surface area contributed by atoms with Gasteiger partial charge < -0.3 is 0 Å². The van der Waals surface area contributed by atoms with E-state index >= 15 is 0 Å². The van der Waals surface area contributed by atoms with E-state index in [1.807, 2.05) is 0 Å². The molecular formula is C12H11F2N3O. The average molecular weight is 251 g/mol. The molecule has 1 rings (SSSR count). The Labute approximate surface area is 103 Å². The number of carbonyl (C=O) groups excluding carboxylic acids is 1. The fourth-order valence-corrected chi connectivity index (χ4v) is 1.42. The second kappa shape index (κ2) is 5.42. The summed E-state index contributed by atoms with van der Waals surface area (Å²) < 4.78 is 26.7. The minimum atomic E-state index is -3.04. The molecule has 0 amide bonds. The van der Waals surface area contributed by atoms with Gasteiger partial charge in [0.2, 0.25) is 0 Å². The highest BCUT2D eigenvalue weighted by atomic mass is 19.3. The minimum absolute atomic E-state index is 0.155. The summed E-state index contributed by atoms with van der Waals surface area (Å²) in [4.78, 5) is 13.7. The zero-order valence-corrected chi connectivity index (χ0v) is 9.89. The molecule has 0 radical (unpaired) electrons. The van der Waals surface area contributed by atoms with Crippen molar-refractivity contribution in [3.05, 3.63) is 51.5 Å². The van der Waals surface area contributed by atoms with Crippen LogP contribution in [0.2, 0.25) is 0 Å². The number of allylic oxidation sites excluding steroid dienone is 1. The lowest BCUT2D eigenvalue weighted by molar-refractivity contribution is -0.113. The van der Waals surface area contributed by atoms with Gasteiger partial charge in [0.1, 0.15) is 0 Å². The first-order chi connectivity index (χ1) is 8.36. The molecule has 0 spiro atoms. The van der Waals surface area contributed by atoms with E-state index in [4.69, 9.17) is 5.53 Å². The summed E-state index contributed by atoms with van der Waals surface area (Å²) in [6.45, 7) is 1.97. The SMILES string of the molecule is CC(=O)/C(=C/c1ccccc1C(C)(F)F)N=[N+]=[N-]. The van der Waals surface area contributed by atoms with Crippen LogP contribution in [0.5, 0.6) is 0 Å². The molecule has 0 heterocycles. The van der Waals surface area contributed by atoms with Crippen LogP contribution in [0.4, 0.5) is 8.78 Å². The molecule has 1 aromatic carbocycles. The molecule has 6 heteroatoms. The highest BCUT2D eigenvalue weighted by Gasteiger charge is 2.26. The highest BCUT2D eigenvalue weighted by molar-refractivity contribution is 5.97. The van der Waals surface area contributed by atoms with Gasteiger partial charge >= 0.3 is 0 Å². The van der Waals surface area contributed by atoms with E-state index in [1.54, 1.807) is 6.07 Å². The summed E-state index contributed by atoms with van der Waals surface area (Å²) in [6, 6.07) is 5.74. The standard InChI is InChI=1S/C12H11F2N3O/c1-8(18)11(16-17-15)7-9-5-3-4-6-10(9)12(2,13)14/h3-7H,1-2H3/b11-7-. The van der Waals surface area contributed by atoms with Crippen molar-refractivity contribution in [2.75, 3.05) is 0 Å². The number of ketones is 1. The van der Waals surface area contributed by atoms with Gasteiger partial charge in [-0.1, -0.05) is 29.4 Å². The molecule has 0 aliphatic rings. The fourth-order valence-electron chi connectivity index (χ4n) is 1.42. The molecular weight excluding hydrogens is 240 g/mol. The van der Waals surface area contributed by atoms with E-state index < -0.39 is 11.7 Å². The monoisotopic (exact) mass is 251 g/mol. The topological polar surface area (TPSA) is 65.8 Å². The summed E-state index contributed by atoms with van der Waals surface area (Å²) in [5, 5.41) is 3.19. The molecule has 1 aromatic rings. The Morgan fingerprint density at radius 1 is 1.44 bits per heavy atom. The summed E-state index contributed by atoms with van der Waals surface area (Å²) >= 11 is 0. The van der Waals surface area contributed by atoms with E-state index in [0.29, 0.717) is 0 Å². The predicted molar refractivity (Wildman–Crippen MR) is 63.8 cm³/mol. The predicted octanol–water partition coefficient (Wildman–Crippen LogP) is 4.04. The van der Waals surface area contributed by atoms with Crippen LogP contribution in [0.15, 0.2) is 35.1 Å². The van der Waals surface area contributed by atoms with Crippen LogP contribution in [0.3, 0.4) is 0 Å². The first kappa shape index (κ1) is 13.9. The summed E-state index contributed by atoms with van der Waals surface area (Å²) in [6.07, 6.45) is 1.16. The third kappa shape index (κ3) is 3.40. The number of hydrogen-bond donors (Lipinski definition) is 0. The molecule has 18 heavy (non-hydrogen) atoms.